The smallest absolute Gasteiger partial charge is 0.272 e. The standard InChI is InChI=1S/C11H18N4O2/c1-7(16)2-5-13-11(17)10-8-6-12-4-3-9(8)14-15-10/h7,12,16H,2-6H2,1H3,(H,13,17)(H,14,15). The molecule has 1 atom stereocenters. The lowest BCUT2D eigenvalue weighted by Crippen LogP contribution is -2.30. The zero-order valence-corrected chi connectivity index (χ0v) is 9.92. The first-order valence-electron chi connectivity index (χ1n) is 5.91. The molecule has 0 spiro atoms. The van der Waals surface area contributed by atoms with Crippen molar-refractivity contribution in [1.29, 1.82) is 0 Å². The highest BCUT2D eigenvalue weighted by atomic mass is 16.3. The Labute approximate surface area is 99.8 Å². The van der Waals surface area contributed by atoms with Gasteiger partial charge in [0.2, 0.25) is 0 Å². The van der Waals surface area contributed by atoms with Gasteiger partial charge in [-0.25, -0.2) is 0 Å². The van der Waals surface area contributed by atoms with Crippen LogP contribution in [-0.4, -0.2) is 40.4 Å². The van der Waals surface area contributed by atoms with Crippen molar-refractivity contribution >= 4 is 5.91 Å². The molecule has 0 aromatic carbocycles. The van der Waals surface area contributed by atoms with Crippen molar-refractivity contribution in [3.05, 3.63) is 17.0 Å². The molecule has 0 saturated carbocycles. The molecule has 94 valence electrons. The lowest BCUT2D eigenvalue weighted by Gasteiger charge is -2.13. The molecule has 1 amide bonds. The number of hydrogen-bond acceptors (Lipinski definition) is 4. The Morgan fingerprint density at radius 1 is 1.65 bits per heavy atom. The second kappa shape index (κ2) is 5.29. The van der Waals surface area contributed by atoms with E-state index >= 15 is 0 Å². The quantitative estimate of drug-likeness (QED) is 0.572. The average Bonchev–Trinajstić information content (AvgIpc) is 2.72. The SMILES string of the molecule is CC(O)CCNC(=O)c1n[nH]c2c1CNCC2. The molecule has 1 aliphatic rings. The van der Waals surface area contributed by atoms with Gasteiger partial charge in [0, 0.05) is 37.3 Å². The molecule has 4 N–H and O–H groups in total. The van der Waals surface area contributed by atoms with Crippen LogP contribution in [0.15, 0.2) is 0 Å². The molecule has 2 rings (SSSR count). The van der Waals surface area contributed by atoms with Crippen LogP contribution < -0.4 is 10.6 Å². The Morgan fingerprint density at radius 3 is 3.24 bits per heavy atom. The summed E-state index contributed by atoms with van der Waals surface area (Å²) in [6, 6.07) is 0. The summed E-state index contributed by atoms with van der Waals surface area (Å²) >= 11 is 0. The lowest BCUT2D eigenvalue weighted by molar-refractivity contribution is 0.0939. The molecule has 2 heterocycles. The third kappa shape index (κ3) is 2.83. The summed E-state index contributed by atoms with van der Waals surface area (Å²) in [5.41, 5.74) is 2.48. The van der Waals surface area contributed by atoms with Gasteiger partial charge in [0.15, 0.2) is 5.69 Å². The van der Waals surface area contributed by atoms with E-state index in [2.05, 4.69) is 20.8 Å². The summed E-state index contributed by atoms with van der Waals surface area (Å²) < 4.78 is 0. The van der Waals surface area contributed by atoms with E-state index in [1.165, 1.54) is 0 Å². The summed E-state index contributed by atoms with van der Waals surface area (Å²) in [6.45, 7) is 3.77. The maximum atomic E-state index is 11.9. The molecule has 0 saturated heterocycles. The Balaban J connectivity index is 1.97. The Hall–Kier alpha value is -1.40. The molecule has 6 nitrogen and oxygen atoms in total. The number of carbonyl (C=O) groups is 1. The van der Waals surface area contributed by atoms with E-state index in [1.807, 2.05) is 0 Å². The highest BCUT2D eigenvalue weighted by Gasteiger charge is 2.21. The molecule has 1 aromatic rings. The van der Waals surface area contributed by atoms with Crippen LogP contribution >= 0.6 is 0 Å². The van der Waals surface area contributed by atoms with Gasteiger partial charge in [0.25, 0.3) is 5.91 Å². The van der Waals surface area contributed by atoms with Crippen molar-refractivity contribution in [2.45, 2.75) is 32.4 Å². The van der Waals surface area contributed by atoms with Gasteiger partial charge in [-0.2, -0.15) is 5.10 Å². The van der Waals surface area contributed by atoms with Crippen molar-refractivity contribution in [3.63, 3.8) is 0 Å². The van der Waals surface area contributed by atoms with Crippen LogP contribution in [0.5, 0.6) is 0 Å². The number of carbonyl (C=O) groups excluding carboxylic acids is 1. The summed E-state index contributed by atoms with van der Waals surface area (Å²) in [7, 11) is 0. The number of amides is 1. The normalized spacial score (nSPS) is 16.4. The van der Waals surface area contributed by atoms with Crippen molar-refractivity contribution < 1.29 is 9.90 Å². The average molecular weight is 238 g/mol. The summed E-state index contributed by atoms with van der Waals surface area (Å²) in [6.07, 6.45) is 1.03. The Morgan fingerprint density at radius 2 is 2.47 bits per heavy atom. The van der Waals surface area contributed by atoms with Crippen molar-refractivity contribution in [2.24, 2.45) is 0 Å². The first kappa shape index (κ1) is 12.1. The number of aliphatic hydroxyl groups excluding tert-OH is 1. The molecule has 0 bridgehead atoms. The Bertz CT molecular complexity index is 400. The van der Waals surface area contributed by atoms with Crippen LogP contribution in [0.3, 0.4) is 0 Å². The summed E-state index contributed by atoms with van der Waals surface area (Å²) in [5, 5.41) is 22.0. The van der Waals surface area contributed by atoms with E-state index in [1.54, 1.807) is 6.92 Å². The maximum absolute atomic E-state index is 11.9. The third-order valence-electron chi connectivity index (χ3n) is 2.87. The zero-order chi connectivity index (χ0) is 12.3. The molecule has 1 aliphatic heterocycles. The van der Waals surface area contributed by atoms with E-state index in [-0.39, 0.29) is 5.91 Å². The second-order valence-corrected chi connectivity index (χ2v) is 4.35. The lowest BCUT2D eigenvalue weighted by atomic mass is 10.1. The van der Waals surface area contributed by atoms with Crippen molar-refractivity contribution in [2.75, 3.05) is 13.1 Å². The number of fused-ring (bicyclic) bond motifs is 1. The van der Waals surface area contributed by atoms with E-state index in [9.17, 15) is 4.79 Å². The van der Waals surface area contributed by atoms with Gasteiger partial charge in [0.05, 0.1) is 6.10 Å². The predicted molar refractivity (Wildman–Crippen MR) is 62.6 cm³/mol. The molecular formula is C11H18N4O2. The molecule has 17 heavy (non-hydrogen) atoms. The van der Waals surface area contributed by atoms with Crippen LogP contribution in [0.1, 0.15) is 35.1 Å². The topological polar surface area (TPSA) is 90.0 Å². The van der Waals surface area contributed by atoms with Crippen LogP contribution in [0.2, 0.25) is 0 Å². The Kier molecular flexibility index (Phi) is 3.75. The number of aromatic amines is 1. The van der Waals surface area contributed by atoms with Crippen molar-refractivity contribution in [1.82, 2.24) is 20.8 Å². The van der Waals surface area contributed by atoms with Gasteiger partial charge in [-0.1, -0.05) is 0 Å². The number of nitrogens with zero attached hydrogens (tertiary/aromatic N) is 1. The van der Waals surface area contributed by atoms with Crippen molar-refractivity contribution in [3.8, 4) is 0 Å². The summed E-state index contributed by atoms with van der Waals surface area (Å²) in [5.74, 6) is -0.174. The van der Waals surface area contributed by atoms with E-state index < -0.39 is 6.10 Å². The molecule has 1 unspecified atom stereocenters. The van der Waals surface area contributed by atoms with Crippen LogP contribution in [0.4, 0.5) is 0 Å². The minimum Gasteiger partial charge on any atom is -0.393 e. The largest absolute Gasteiger partial charge is 0.393 e. The van der Waals surface area contributed by atoms with Gasteiger partial charge in [0.1, 0.15) is 0 Å². The number of aliphatic hydroxyl groups is 1. The van der Waals surface area contributed by atoms with Gasteiger partial charge in [-0.3, -0.25) is 9.89 Å². The van der Waals surface area contributed by atoms with Gasteiger partial charge in [-0.15, -0.1) is 0 Å². The van der Waals surface area contributed by atoms with E-state index in [4.69, 9.17) is 5.11 Å². The van der Waals surface area contributed by atoms with E-state index in [0.29, 0.717) is 25.2 Å². The first-order chi connectivity index (χ1) is 8.18. The van der Waals surface area contributed by atoms with Crippen LogP contribution in [0.25, 0.3) is 0 Å². The minimum atomic E-state index is -0.398. The fourth-order valence-electron chi connectivity index (χ4n) is 1.89. The minimum absolute atomic E-state index is 0.174. The second-order valence-electron chi connectivity index (χ2n) is 4.35. The number of rotatable bonds is 4. The van der Waals surface area contributed by atoms with E-state index in [0.717, 1.165) is 24.2 Å². The fraction of sp³-hybridized carbons (Fsp3) is 0.636. The first-order valence-corrected chi connectivity index (χ1v) is 5.91. The van der Waals surface area contributed by atoms with Gasteiger partial charge in [-0.05, 0) is 13.3 Å². The molecule has 6 heteroatoms. The highest BCUT2D eigenvalue weighted by molar-refractivity contribution is 5.94. The summed E-state index contributed by atoms with van der Waals surface area (Å²) in [4.78, 5) is 11.9. The maximum Gasteiger partial charge on any atom is 0.272 e. The predicted octanol–water partition coefficient (Wildman–Crippen LogP) is -0.444. The van der Waals surface area contributed by atoms with Gasteiger partial charge >= 0.3 is 0 Å². The molecule has 0 fully saturated rings. The monoisotopic (exact) mass is 238 g/mol. The third-order valence-corrected chi connectivity index (χ3v) is 2.87. The van der Waals surface area contributed by atoms with Crippen LogP contribution in [-0.2, 0) is 13.0 Å². The van der Waals surface area contributed by atoms with Gasteiger partial charge < -0.3 is 15.7 Å². The zero-order valence-electron chi connectivity index (χ0n) is 9.92. The highest BCUT2D eigenvalue weighted by Crippen LogP contribution is 2.14. The molecular weight excluding hydrogens is 220 g/mol. The number of H-pyrrole nitrogens is 1. The number of aromatic nitrogens is 2. The molecule has 0 aliphatic carbocycles. The number of hydrogen-bond donors (Lipinski definition) is 4. The molecule has 0 radical (unpaired) electrons. The molecule has 1 aromatic heterocycles. The van der Waals surface area contributed by atoms with Crippen LogP contribution in [0, 0.1) is 0 Å². The fourth-order valence-corrected chi connectivity index (χ4v) is 1.89. The number of nitrogens with one attached hydrogen (secondary N) is 3.